The van der Waals surface area contributed by atoms with Gasteiger partial charge in [0, 0.05) is 18.8 Å². The van der Waals surface area contributed by atoms with E-state index in [2.05, 4.69) is 6.92 Å². The van der Waals surface area contributed by atoms with Gasteiger partial charge in [0.05, 0.1) is 21.7 Å². The standard InChI is InChI=1S/C20H28BNO5S/c1-12(13-7-8-13)22-11-14-9-15(21-26-19(2,3)20(4,5)27-21)10-16(28(6,24)25)17(14)18(22)23/h9-10,12-13H,7-8,11H2,1-6H3/t12-/m0/s1. The second-order valence-corrected chi connectivity index (χ2v) is 11.4. The highest BCUT2D eigenvalue weighted by Crippen LogP contribution is 2.40. The topological polar surface area (TPSA) is 72.9 Å². The average molecular weight is 405 g/mol. The molecule has 1 aromatic carbocycles. The molecule has 0 spiro atoms. The largest absolute Gasteiger partial charge is 0.494 e. The predicted octanol–water partition coefficient (Wildman–Crippen LogP) is 2.14. The molecule has 0 unspecified atom stereocenters. The first-order chi connectivity index (χ1) is 12.8. The van der Waals surface area contributed by atoms with E-state index in [1.54, 1.807) is 6.07 Å². The maximum absolute atomic E-state index is 13.1. The Kier molecular flexibility index (Phi) is 4.31. The lowest BCUT2D eigenvalue weighted by molar-refractivity contribution is 0.00578. The van der Waals surface area contributed by atoms with Crippen molar-refractivity contribution in [2.45, 2.75) is 76.1 Å². The van der Waals surface area contributed by atoms with Gasteiger partial charge < -0.3 is 14.2 Å². The molecule has 1 saturated carbocycles. The third kappa shape index (κ3) is 3.10. The van der Waals surface area contributed by atoms with Gasteiger partial charge in [-0.3, -0.25) is 4.79 Å². The summed E-state index contributed by atoms with van der Waals surface area (Å²) in [4.78, 5) is 15.0. The number of sulfone groups is 1. The molecule has 152 valence electrons. The monoisotopic (exact) mass is 405 g/mol. The van der Waals surface area contributed by atoms with Crippen LogP contribution in [-0.4, -0.2) is 49.8 Å². The van der Waals surface area contributed by atoms with Crippen molar-refractivity contribution in [1.29, 1.82) is 0 Å². The lowest BCUT2D eigenvalue weighted by Gasteiger charge is -2.32. The van der Waals surface area contributed by atoms with Crippen LogP contribution >= 0.6 is 0 Å². The molecule has 1 aliphatic carbocycles. The summed E-state index contributed by atoms with van der Waals surface area (Å²) in [6.07, 6.45) is 3.40. The number of rotatable bonds is 4. The molecule has 6 nitrogen and oxygen atoms in total. The molecule has 1 atom stereocenters. The fourth-order valence-corrected chi connectivity index (χ4v) is 4.97. The molecule has 2 fully saturated rings. The molecule has 2 heterocycles. The summed E-state index contributed by atoms with van der Waals surface area (Å²) in [6.45, 7) is 10.3. The zero-order valence-corrected chi connectivity index (χ0v) is 18.2. The molecule has 1 aromatic rings. The molecule has 28 heavy (non-hydrogen) atoms. The van der Waals surface area contributed by atoms with Gasteiger partial charge in [0.1, 0.15) is 0 Å². The van der Waals surface area contributed by atoms with Crippen molar-refractivity contribution in [1.82, 2.24) is 4.90 Å². The van der Waals surface area contributed by atoms with Crippen LogP contribution in [0.5, 0.6) is 0 Å². The Balaban J connectivity index is 1.77. The third-order valence-electron chi connectivity index (χ3n) is 6.74. The van der Waals surface area contributed by atoms with Crippen LogP contribution in [0.3, 0.4) is 0 Å². The molecule has 1 amide bonds. The average Bonchev–Trinajstić information content (AvgIpc) is 3.31. The molecule has 0 aromatic heterocycles. The smallest absolute Gasteiger partial charge is 0.399 e. The highest BCUT2D eigenvalue weighted by atomic mass is 32.2. The van der Waals surface area contributed by atoms with Gasteiger partial charge in [0.15, 0.2) is 9.84 Å². The number of benzene rings is 1. The Morgan fingerprint density at radius 2 is 1.71 bits per heavy atom. The number of carbonyl (C=O) groups is 1. The van der Waals surface area contributed by atoms with Crippen molar-refractivity contribution in [2.75, 3.05) is 6.26 Å². The fraction of sp³-hybridized carbons (Fsp3) is 0.650. The lowest BCUT2D eigenvalue weighted by Crippen LogP contribution is -2.41. The van der Waals surface area contributed by atoms with Crippen LogP contribution in [0.2, 0.25) is 0 Å². The molecule has 8 heteroatoms. The van der Waals surface area contributed by atoms with E-state index >= 15 is 0 Å². The number of nitrogens with zero attached hydrogens (tertiary/aromatic N) is 1. The second-order valence-electron chi connectivity index (χ2n) is 9.42. The first-order valence-corrected chi connectivity index (χ1v) is 11.7. The zero-order chi connectivity index (χ0) is 20.6. The van der Waals surface area contributed by atoms with Crippen LogP contribution in [0.1, 0.15) is 63.4 Å². The first-order valence-electron chi connectivity index (χ1n) is 9.85. The Bertz CT molecular complexity index is 936. The van der Waals surface area contributed by atoms with E-state index in [0.29, 0.717) is 23.5 Å². The van der Waals surface area contributed by atoms with E-state index in [1.807, 2.05) is 38.7 Å². The number of hydrogen-bond acceptors (Lipinski definition) is 5. The summed E-state index contributed by atoms with van der Waals surface area (Å²) in [5.41, 5.74) is 0.654. The van der Waals surface area contributed by atoms with E-state index in [4.69, 9.17) is 9.31 Å². The van der Waals surface area contributed by atoms with Crippen molar-refractivity contribution in [2.24, 2.45) is 5.92 Å². The van der Waals surface area contributed by atoms with Crippen molar-refractivity contribution in [3.63, 3.8) is 0 Å². The quantitative estimate of drug-likeness (QED) is 0.718. The Morgan fingerprint density at radius 1 is 1.14 bits per heavy atom. The minimum atomic E-state index is -3.58. The van der Waals surface area contributed by atoms with Crippen molar-refractivity contribution in [3.05, 3.63) is 23.3 Å². The Hall–Kier alpha value is -1.38. The molecular formula is C20H28BNO5S. The molecule has 2 aliphatic heterocycles. The maximum atomic E-state index is 13.1. The maximum Gasteiger partial charge on any atom is 0.494 e. The van der Waals surface area contributed by atoms with E-state index in [-0.39, 0.29) is 16.8 Å². The summed E-state index contributed by atoms with van der Waals surface area (Å²) in [7, 11) is -4.25. The van der Waals surface area contributed by atoms with Crippen LogP contribution in [0.15, 0.2) is 17.0 Å². The van der Waals surface area contributed by atoms with Crippen LogP contribution < -0.4 is 5.46 Å². The second kappa shape index (κ2) is 6.06. The van der Waals surface area contributed by atoms with E-state index in [1.165, 1.54) is 0 Å². The molecule has 3 aliphatic rings. The van der Waals surface area contributed by atoms with Gasteiger partial charge in [-0.2, -0.15) is 0 Å². The summed E-state index contributed by atoms with van der Waals surface area (Å²) in [5, 5.41) is 0. The molecule has 1 saturated heterocycles. The van der Waals surface area contributed by atoms with E-state index < -0.39 is 28.2 Å². The predicted molar refractivity (Wildman–Crippen MR) is 107 cm³/mol. The van der Waals surface area contributed by atoms with E-state index in [0.717, 1.165) is 24.7 Å². The highest BCUT2D eigenvalue weighted by molar-refractivity contribution is 7.90. The SMILES string of the molecule is C[C@@H](C1CC1)N1Cc2cc(B3OC(C)(C)C(C)(C)O3)cc(S(C)(=O)=O)c2C1=O. The summed E-state index contributed by atoms with van der Waals surface area (Å²) in [6, 6.07) is 3.55. The Morgan fingerprint density at radius 3 is 2.21 bits per heavy atom. The molecule has 0 bridgehead atoms. The minimum absolute atomic E-state index is 0.0743. The van der Waals surface area contributed by atoms with Crippen LogP contribution in [-0.2, 0) is 25.7 Å². The van der Waals surface area contributed by atoms with Crippen molar-refractivity contribution < 1.29 is 22.5 Å². The fourth-order valence-electron chi connectivity index (χ4n) is 4.03. The third-order valence-corrected chi connectivity index (χ3v) is 7.86. The van der Waals surface area contributed by atoms with Gasteiger partial charge in [-0.25, -0.2) is 8.42 Å². The zero-order valence-electron chi connectivity index (χ0n) is 17.4. The molecule has 0 N–H and O–H groups in total. The number of fused-ring (bicyclic) bond motifs is 1. The summed E-state index contributed by atoms with van der Waals surface area (Å²) in [5.74, 6) is 0.331. The number of hydrogen-bond donors (Lipinski definition) is 0. The van der Waals surface area contributed by atoms with Crippen molar-refractivity contribution in [3.8, 4) is 0 Å². The van der Waals surface area contributed by atoms with Gasteiger partial charge in [0.2, 0.25) is 0 Å². The number of carbonyl (C=O) groups excluding carboxylic acids is 1. The van der Waals surface area contributed by atoms with Crippen LogP contribution in [0.25, 0.3) is 0 Å². The molecule has 0 radical (unpaired) electrons. The van der Waals surface area contributed by atoms with Crippen LogP contribution in [0.4, 0.5) is 0 Å². The van der Waals surface area contributed by atoms with Crippen molar-refractivity contribution >= 4 is 28.3 Å². The van der Waals surface area contributed by atoms with Gasteiger partial charge in [-0.1, -0.05) is 6.07 Å². The van der Waals surface area contributed by atoms with Crippen LogP contribution in [0, 0.1) is 5.92 Å². The summed E-state index contributed by atoms with van der Waals surface area (Å²) < 4.78 is 37.3. The summed E-state index contributed by atoms with van der Waals surface area (Å²) >= 11 is 0. The number of amides is 1. The normalized spacial score (nSPS) is 24.6. The lowest BCUT2D eigenvalue weighted by atomic mass is 9.78. The van der Waals surface area contributed by atoms with Gasteiger partial charge in [-0.15, -0.1) is 0 Å². The van der Waals surface area contributed by atoms with Gasteiger partial charge in [-0.05, 0) is 70.5 Å². The van der Waals surface area contributed by atoms with Gasteiger partial charge >= 0.3 is 7.12 Å². The van der Waals surface area contributed by atoms with E-state index in [9.17, 15) is 13.2 Å². The highest BCUT2D eigenvalue weighted by Gasteiger charge is 2.52. The Labute approximate surface area is 167 Å². The van der Waals surface area contributed by atoms with Gasteiger partial charge in [0.25, 0.3) is 5.91 Å². The molecule has 4 rings (SSSR count). The first kappa shape index (κ1) is 19.9. The molecular weight excluding hydrogens is 377 g/mol. The minimum Gasteiger partial charge on any atom is -0.399 e.